The Morgan fingerprint density at radius 3 is 2.55 bits per heavy atom. The summed E-state index contributed by atoms with van der Waals surface area (Å²) < 4.78 is 4.87. The van der Waals surface area contributed by atoms with E-state index < -0.39 is 5.97 Å². The normalized spacial score (nSPS) is 11.1. The van der Waals surface area contributed by atoms with E-state index in [2.05, 4.69) is 10.5 Å². The monoisotopic (exact) mass is 284 g/mol. The molecule has 1 aromatic rings. The smallest absolute Gasteiger partial charge is 0.317 e. The van der Waals surface area contributed by atoms with Gasteiger partial charge in [-0.3, -0.25) is 19.8 Å². The predicted molar refractivity (Wildman–Crippen MR) is 72.5 cm³/mol. The van der Waals surface area contributed by atoms with Crippen LogP contribution in [0.25, 0.3) is 0 Å². The number of aromatic nitrogens is 1. The van der Waals surface area contributed by atoms with Crippen LogP contribution in [0.1, 0.15) is 5.69 Å². The molecule has 0 aliphatic carbocycles. The molecular weight excluding hydrogens is 264 g/mol. The fourth-order valence-electron chi connectivity index (χ4n) is 1.55. The van der Waals surface area contributed by atoms with Crippen molar-refractivity contribution in [2.24, 2.45) is 0 Å². The number of nitrogens with zero attached hydrogens (tertiary/aromatic N) is 3. The van der Waals surface area contributed by atoms with Gasteiger partial charge in [0.2, 0.25) is 11.8 Å². The van der Waals surface area contributed by atoms with Gasteiger partial charge in [-0.25, -0.2) is 0 Å². The van der Waals surface area contributed by atoms with E-state index in [9.17, 15) is 9.59 Å². The first-order chi connectivity index (χ1) is 9.36. The van der Waals surface area contributed by atoms with Gasteiger partial charge in [-0.2, -0.15) is 0 Å². The molecule has 2 N–H and O–H groups in total. The number of hydrogen-bond acceptors (Lipinski definition) is 6. The largest absolute Gasteiger partial charge is 0.480 e. The molecule has 8 nitrogen and oxygen atoms in total. The number of amides is 1. The Labute approximate surface area is 117 Å². The third-order valence-electron chi connectivity index (χ3n) is 2.48. The molecule has 1 amide bonds. The Balaban J connectivity index is 2.49. The number of hydrogen-bond donors (Lipinski definition) is 2. The summed E-state index contributed by atoms with van der Waals surface area (Å²) in [7, 11) is 3.77. The summed E-state index contributed by atoms with van der Waals surface area (Å²) in [4.78, 5) is 26.1. The maximum absolute atomic E-state index is 11.8. The second-order valence-corrected chi connectivity index (χ2v) is 4.79. The molecule has 0 unspecified atom stereocenters. The zero-order chi connectivity index (χ0) is 15.1. The zero-order valence-electron chi connectivity index (χ0n) is 11.9. The molecule has 0 aliphatic heterocycles. The number of nitrogens with one attached hydrogen (secondary N) is 1. The first kappa shape index (κ1) is 16.1. The van der Waals surface area contributed by atoms with Gasteiger partial charge in [-0.15, -0.1) is 0 Å². The number of carboxylic acids is 1. The van der Waals surface area contributed by atoms with E-state index in [-0.39, 0.29) is 24.9 Å². The van der Waals surface area contributed by atoms with E-state index in [0.29, 0.717) is 18.8 Å². The van der Waals surface area contributed by atoms with E-state index in [1.54, 1.807) is 17.9 Å². The van der Waals surface area contributed by atoms with Gasteiger partial charge in [0.25, 0.3) is 0 Å². The van der Waals surface area contributed by atoms with Crippen molar-refractivity contribution in [2.45, 2.75) is 6.92 Å². The molecule has 0 atom stereocenters. The summed E-state index contributed by atoms with van der Waals surface area (Å²) in [6.45, 7) is 2.70. The highest BCUT2D eigenvalue weighted by atomic mass is 16.5. The molecule has 1 rings (SSSR count). The summed E-state index contributed by atoms with van der Waals surface area (Å²) in [5.41, 5.74) is 0.662. The van der Waals surface area contributed by atoms with Crippen molar-refractivity contribution in [3.8, 4) is 0 Å². The molecule has 112 valence electrons. The van der Waals surface area contributed by atoms with Crippen molar-refractivity contribution in [3.05, 3.63) is 11.8 Å². The second-order valence-electron chi connectivity index (χ2n) is 4.79. The van der Waals surface area contributed by atoms with Gasteiger partial charge in [0.15, 0.2) is 0 Å². The topological polar surface area (TPSA) is 98.9 Å². The molecule has 0 radical (unpaired) electrons. The third kappa shape index (κ3) is 6.30. The van der Waals surface area contributed by atoms with Crippen molar-refractivity contribution in [1.82, 2.24) is 15.0 Å². The van der Waals surface area contributed by atoms with Gasteiger partial charge in [0.1, 0.15) is 0 Å². The Morgan fingerprint density at radius 1 is 1.35 bits per heavy atom. The van der Waals surface area contributed by atoms with Crippen LogP contribution >= 0.6 is 0 Å². The average Bonchev–Trinajstić information content (AvgIpc) is 2.70. The van der Waals surface area contributed by atoms with Crippen LogP contribution in [0.4, 0.5) is 5.88 Å². The number of aryl methyl sites for hydroxylation is 1. The van der Waals surface area contributed by atoms with Crippen LogP contribution in [-0.2, 0) is 9.59 Å². The summed E-state index contributed by atoms with van der Waals surface area (Å²) in [5.74, 6) is -1.04. The van der Waals surface area contributed by atoms with Gasteiger partial charge in [-0.1, -0.05) is 5.16 Å². The molecule has 0 saturated heterocycles. The van der Waals surface area contributed by atoms with Crippen molar-refractivity contribution in [2.75, 3.05) is 45.6 Å². The number of likely N-dealkylation sites (N-methyl/N-ethyl adjacent to an activating group) is 1. The van der Waals surface area contributed by atoms with Gasteiger partial charge in [-0.05, 0) is 21.0 Å². The van der Waals surface area contributed by atoms with Crippen LogP contribution in [0.5, 0.6) is 0 Å². The summed E-state index contributed by atoms with van der Waals surface area (Å²) in [6, 6.07) is 1.60. The lowest BCUT2D eigenvalue weighted by atomic mass is 10.4. The Kier molecular flexibility index (Phi) is 6.13. The summed E-state index contributed by atoms with van der Waals surface area (Å²) >= 11 is 0. The molecule has 0 fully saturated rings. The standard InChI is InChI=1S/C12H20N4O4/c1-9-6-11(20-14-9)13-10(17)7-16(8-12(18)19)5-4-15(2)3/h6H,4-5,7-8H2,1-3H3,(H,13,17)(H,18,19). The van der Waals surface area contributed by atoms with Crippen molar-refractivity contribution in [3.63, 3.8) is 0 Å². The number of carbonyl (C=O) groups is 2. The molecule has 8 heteroatoms. The summed E-state index contributed by atoms with van der Waals surface area (Å²) in [5, 5.41) is 15.0. The molecule has 1 heterocycles. The Morgan fingerprint density at radius 2 is 2.05 bits per heavy atom. The van der Waals surface area contributed by atoms with E-state index >= 15 is 0 Å². The molecule has 0 aromatic carbocycles. The number of anilines is 1. The highest BCUT2D eigenvalue weighted by molar-refractivity contribution is 5.91. The van der Waals surface area contributed by atoms with Crippen LogP contribution in [-0.4, -0.2) is 72.2 Å². The third-order valence-corrected chi connectivity index (χ3v) is 2.48. The van der Waals surface area contributed by atoms with Gasteiger partial charge >= 0.3 is 5.97 Å². The quantitative estimate of drug-likeness (QED) is 0.686. The van der Waals surface area contributed by atoms with Crippen LogP contribution in [0, 0.1) is 6.92 Å². The molecule has 0 bridgehead atoms. The lowest BCUT2D eigenvalue weighted by Crippen LogP contribution is -2.40. The SMILES string of the molecule is Cc1cc(NC(=O)CN(CCN(C)C)CC(=O)O)on1. The molecule has 20 heavy (non-hydrogen) atoms. The highest BCUT2D eigenvalue weighted by Gasteiger charge is 2.15. The molecule has 0 saturated carbocycles. The minimum absolute atomic E-state index is 0.0140. The van der Waals surface area contributed by atoms with Crippen LogP contribution in [0.3, 0.4) is 0 Å². The fraction of sp³-hybridized carbons (Fsp3) is 0.583. The Bertz CT molecular complexity index is 458. The molecular formula is C12H20N4O4. The first-order valence-electron chi connectivity index (χ1n) is 6.19. The van der Waals surface area contributed by atoms with Crippen LogP contribution in [0.2, 0.25) is 0 Å². The van der Waals surface area contributed by atoms with E-state index in [1.165, 1.54) is 0 Å². The van der Waals surface area contributed by atoms with E-state index in [0.717, 1.165) is 0 Å². The van der Waals surface area contributed by atoms with Crippen LogP contribution in [0.15, 0.2) is 10.6 Å². The lowest BCUT2D eigenvalue weighted by molar-refractivity contribution is -0.138. The minimum atomic E-state index is -0.966. The summed E-state index contributed by atoms with van der Waals surface area (Å²) in [6.07, 6.45) is 0. The van der Waals surface area contributed by atoms with Gasteiger partial charge < -0.3 is 14.5 Å². The maximum Gasteiger partial charge on any atom is 0.317 e. The lowest BCUT2D eigenvalue weighted by Gasteiger charge is -2.21. The first-order valence-corrected chi connectivity index (χ1v) is 6.19. The number of carbonyl (C=O) groups excluding carboxylic acids is 1. The van der Waals surface area contributed by atoms with E-state index in [1.807, 2.05) is 19.0 Å². The number of carboxylic acid groups (broad SMARTS) is 1. The number of aliphatic carboxylic acids is 1. The van der Waals surface area contributed by atoms with Crippen molar-refractivity contribution >= 4 is 17.8 Å². The minimum Gasteiger partial charge on any atom is -0.480 e. The van der Waals surface area contributed by atoms with Crippen molar-refractivity contribution in [1.29, 1.82) is 0 Å². The van der Waals surface area contributed by atoms with Gasteiger partial charge in [0, 0.05) is 19.2 Å². The maximum atomic E-state index is 11.8. The Hall–Kier alpha value is -1.93. The van der Waals surface area contributed by atoms with Gasteiger partial charge in [0.05, 0.1) is 18.8 Å². The molecule has 1 aromatic heterocycles. The van der Waals surface area contributed by atoms with Crippen LogP contribution < -0.4 is 5.32 Å². The second kappa shape index (κ2) is 7.61. The van der Waals surface area contributed by atoms with E-state index in [4.69, 9.17) is 9.63 Å². The zero-order valence-corrected chi connectivity index (χ0v) is 11.9. The molecule has 0 aliphatic rings. The fourth-order valence-corrected chi connectivity index (χ4v) is 1.55. The predicted octanol–water partition coefficient (Wildman–Crippen LogP) is -0.130. The highest BCUT2D eigenvalue weighted by Crippen LogP contribution is 2.08. The van der Waals surface area contributed by atoms with Crippen molar-refractivity contribution < 1.29 is 19.2 Å². The number of rotatable bonds is 8. The average molecular weight is 284 g/mol. The molecule has 0 spiro atoms.